The molecule has 0 radical (unpaired) electrons. The SMILES string of the molecule is CCOC(=O)CC(CN1C(=O)c2ccccc2C1=O)c1ccc(F)cc1. The van der Waals surface area contributed by atoms with Gasteiger partial charge in [-0.3, -0.25) is 19.3 Å². The number of amides is 2. The zero-order chi connectivity index (χ0) is 18.7. The Labute approximate surface area is 150 Å². The highest BCUT2D eigenvalue weighted by molar-refractivity contribution is 6.21. The van der Waals surface area contributed by atoms with Crippen LogP contribution >= 0.6 is 0 Å². The van der Waals surface area contributed by atoms with Gasteiger partial charge < -0.3 is 4.74 Å². The van der Waals surface area contributed by atoms with Crippen molar-refractivity contribution in [3.05, 3.63) is 71.0 Å². The predicted octanol–water partition coefficient (Wildman–Crippen LogP) is 3.16. The number of hydrogen-bond donors (Lipinski definition) is 0. The summed E-state index contributed by atoms with van der Waals surface area (Å²) in [5.41, 5.74) is 1.37. The van der Waals surface area contributed by atoms with Gasteiger partial charge in [-0.1, -0.05) is 24.3 Å². The molecule has 0 spiro atoms. The zero-order valence-electron chi connectivity index (χ0n) is 14.3. The predicted molar refractivity (Wildman–Crippen MR) is 92.2 cm³/mol. The Morgan fingerprint density at radius 3 is 2.15 bits per heavy atom. The number of carbonyl (C=O) groups is 3. The molecule has 1 aliphatic heterocycles. The number of halogens is 1. The van der Waals surface area contributed by atoms with Crippen molar-refractivity contribution in [3.8, 4) is 0 Å². The van der Waals surface area contributed by atoms with Crippen molar-refractivity contribution in [2.75, 3.05) is 13.2 Å². The maximum absolute atomic E-state index is 13.2. The maximum atomic E-state index is 13.2. The lowest BCUT2D eigenvalue weighted by Gasteiger charge is -2.22. The Kier molecular flexibility index (Phi) is 5.11. The van der Waals surface area contributed by atoms with Gasteiger partial charge in [0.25, 0.3) is 11.8 Å². The van der Waals surface area contributed by atoms with E-state index in [0.717, 1.165) is 4.90 Å². The monoisotopic (exact) mass is 355 g/mol. The summed E-state index contributed by atoms with van der Waals surface area (Å²) in [5.74, 6) is -2.08. The van der Waals surface area contributed by atoms with Crippen LogP contribution in [0.25, 0.3) is 0 Å². The van der Waals surface area contributed by atoms with Crippen LogP contribution in [0.15, 0.2) is 48.5 Å². The summed E-state index contributed by atoms with van der Waals surface area (Å²) in [7, 11) is 0. The topological polar surface area (TPSA) is 63.7 Å². The van der Waals surface area contributed by atoms with Crippen LogP contribution in [0.1, 0.15) is 45.5 Å². The maximum Gasteiger partial charge on any atom is 0.306 e. The van der Waals surface area contributed by atoms with Gasteiger partial charge in [0.2, 0.25) is 0 Å². The molecule has 0 saturated carbocycles. The van der Waals surface area contributed by atoms with Gasteiger partial charge in [-0.05, 0) is 36.8 Å². The highest BCUT2D eigenvalue weighted by Gasteiger charge is 2.37. The van der Waals surface area contributed by atoms with Gasteiger partial charge in [-0.25, -0.2) is 4.39 Å². The first kappa shape index (κ1) is 17.8. The Morgan fingerprint density at radius 1 is 1.04 bits per heavy atom. The van der Waals surface area contributed by atoms with Crippen LogP contribution in [0.5, 0.6) is 0 Å². The molecule has 0 bridgehead atoms. The second-order valence-corrected chi connectivity index (χ2v) is 6.02. The normalized spacial score (nSPS) is 14.3. The van der Waals surface area contributed by atoms with E-state index < -0.39 is 17.7 Å². The molecule has 6 heteroatoms. The van der Waals surface area contributed by atoms with Crippen LogP contribution in [0, 0.1) is 5.82 Å². The van der Waals surface area contributed by atoms with Crippen molar-refractivity contribution in [3.63, 3.8) is 0 Å². The molecule has 2 aromatic carbocycles. The van der Waals surface area contributed by atoms with E-state index in [4.69, 9.17) is 4.74 Å². The summed E-state index contributed by atoms with van der Waals surface area (Å²) >= 11 is 0. The summed E-state index contributed by atoms with van der Waals surface area (Å²) < 4.78 is 18.2. The van der Waals surface area contributed by atoms with Gasteiger partial charge in [0, 0.05) is 12.5 Å². The van der Waals surface area contributed by atoms with Crippen molar-refractivity contribution >= 4 is 17.8 Å². The van der Waals surface area contributed by atoms with E-state index in [9.17, 15) is 18.8 Å². The molecule has 1 unspecified atom stereocenters. The fourth-order valence-corrected chi connectivity index (χ4v) is 3.07. The molecule has 1 atom stereocenters. The first-order chi connectivity index (χ1) is 12.5. The number of ether oxygens (including phenoxy) is 1. The minimum atomic E-state index is -0.475. The number of esters is 1. The highest BCUT2D eigenvalue weighted by Crippen LogP contribution is 2.28. The minimum Gasteiger partial charge on any atom is -0.466 e. The number of rotatable bonds is 6. The molecule has 0 aliphatic carbocycles. The first-order valence-electron chi connectivity index (χ1n) is 8.37. The number of hydrogen-bond acceptors (Lipinski definition) is 4. The Morgan fingerprint density at radius 2 is 1.62 bits per heavy atom. The molecule has 1 aliphatic rings. The van der Waals surface area contributed by atoms with Gasteiger partial charge in [0.15, 0.2) is 0 Å². The molecular weight excluding hydrogens is 337 g/mol. The fourth-order valence-electron chi connectivity index (χ4n) is 3.07. The lowest BCUT2D eigenvalue weighted by atomic mass is 9.95. The number of imide groups is 1. The largest absolute Gasteiger partial charge is 0.466 e. The smallest absolute Gasteiger partial charge is 0.306 e. The van der Waals surface area contributed by atoms with Crippen molar-refractivity contribution in [2.45, 2.75) is 19.3 Å². The third kappa shape index (κ3) is 3.49. The van der Waals surface area contributed by atoms with E-state index in [1.165, 1.54) is 12.1 Å². The summed E-state index contributed by atoms with van der Waals surface area (Å²) in [4.78, 5) is 38.2. The molecule has 0 N–H and O–H groups in total. The Hall–Kier alpha value is -3.02. The molecule has 3 rings (SSSR count). The average molecular weight is 355 g/mol. The number of benzene rings is 2. The second-order valence-electron chi connectivity index (χ2n) is 6.02. The molecule has 0 saturated heterocycles. The third-order valence-electron chi connectivity index (χ3n) is 4.34. The quantitative estimate of drug-likeness (QED) is 0.590. The van der Waals surface area contributed by atoms with Gasteiger partial charge in [0.05, 0.1) is 24.2 Å². The third-order valence-corrected chi connectivity index (χ3v) is 4.34. The van der Waals surface area contributed by atoms with Gasteiger partial charge in [0.1, 0.15) is 5.82 Å². The molecule has 0 aromatic heterocycles. The molecule has 2 amide bonds. The van der Waals surface area contributed by atoms with Crippen LogP contribution in [0.4, 0.5) is 4.39 Å². The van der Waals surface area contributed by atoms with E-state index in [0.29, 0.717) is 16.7 Å². The molecule has 0 fully saturated rings. The van der Waals surface area contributed by atoms with E-state index in [-0.39, 0.29) is 31.4 Å². The average Bonchev–Trinajstić information content (AvgIpc) is 2.87. The van der Waals surface area contributed by atoms with Crippen LogP contribution in [0.2, 0.25) is 0 Å². The number of fused-ring (bicyclic) bond motifs is 1. The molecule has 26 heavy (non-hydrogen) atoms. The molecule has 5 nitrogen and oxygen atoms in total. The lowest BCUT2D eigenvalue weighted by Crippen LogP contribution is -2.34. The van der Waals surface area contributed by atoms with Crippen LogP contribution in [-0.2, 0) is 9.53 Å². The summed E-state index contributed by atoms with van der Waals surface area (Å²) in [6.45, 7) is 1.97. The first-order valence-corrected chi connectivity index (χ1v) is 8.37. The second kappa shape index (κ2) is 7.47. The van der Waals surface area contributed by atoms with Crippen LogP contribution < -0.4 is 0 Å². The number of nitrogens with zero attached hydrogens (tertiary/aromatic N) is 1. The zero-order valence-corrected chi connectivity index (χ0v) is 14.3. The van der Waals surface area contributed by atoms with Crippen molar-refractivity contribution < 1.29 is 23.5 Å². The van der Waals surface area contributed by atoms with E-state index in [1.807, 2.05) is 0 Å². The van der Waals surface area contributed by atoms with E-state index in [2.05, 4.69) is 0 Å². The summed E-state index contributed by atoms with van der Waals surface area (Å²) in [6.07, 6.45) is -0.00707. The molecular formula is C20H18FNO4. The number of carbonyl (C=O) groups excluding carboxylic acids is 3. The van der Waals surface area contributed by atoms with Crippen molar-refractivity contribution in [2.24, 2.45) is 0 Å². The van der Waals surface area contributed by atoms with Gasteiger partial charge in [-0.15, -0.1) is 0 Å². The Bertz CT molecular complexity index is 812. The summed E-state index contributed by atoms with van der Waals surface area (Å²) in [5, 5.41) is 0. The highest BCUT2D eigenvalue weighted by atomic mass is 19.1. The lowest BCUT2D eigenvalue weighted by molar-refractivity contribution is -0.143. The molecule has 2 aromatic rings. The molecule has 1 heterocycles. The fraction of sp³-hybridized carbons (Fsp3) is 0.250. The van der Waals surface area contributed by atoms with E-state index in [1.54, 1.807) is 43.3 Å². The van der Waals surface area contributed by atoms with Crippen LogP contribution in [-0.4, -0.2) is 35.8 Å². The minimum absolute atomic E-state index is 0.00707. The Balaban J connectivity index is 1.86. The summed E-state index contributed by atoms with van der Waals surface area (Å²) in [6, 6.07) is 12.3. The van der Waals surface area contributed by atoms with E-state index >= 15 is 0 Å². The van der Waals surface area contributed by atoms with Gasteiger partial charge >= 0.3 is 5.97 Å². The standard InChI is InChI=1S/C20H18FNO4/c1-2-26-18(23)11-14(13-7-9-15(21)10-8-13)12-22-19(24)16-5-3-4-6-17(16)20(22)25/h3-10,14H,2,11-12H2,1H3. The molecule has 134 valence electrons. The van der Waals surface area contributed by atoms with Crippen molar-refractivity contribution in [1.82, 2.24) is 4.90 Å². The van der Waals surface area contributed by atoms with Crippen molar-refractivity contribution in [1.29, 1.82) is 0 Å². The van der Waals surface area contributed by atoms with Crippen LogP contribution in [0.3, 0.4) is 0 Å². The van der Waals surface area contributed by atoms with Gasteiger partial charge in [-0.2, -0.15) is 0 Å².